The SMILES string of the molecule is CC(C)N(OC[C@H]1CO1)c1nc(Cl)nc(C(=O)[O-])c1Cl.[Li+]. The van der Waals surface area contributed by atoms with Gasteiger partial charge in [0, 0.05) is 0 Å². The molecule has 1 aliphatic heterocycles. The number of carboxylic acids is 1. The Morgan fingerprint density at radius 3 is 2.62 bits per heavy atom. The van der Waals surface area contributed by atoms with Crippen LogP contribution in [0.5, 0.6) is 0 Å². The van der Waals surface area contributed by atoms with Crippen molar-refractivity contribution in [3.05, 3.63) is 16.0 Å². The van der Waals surface area contributed by atoms with Gasteiger partial charge in [0.15, 0.2) is 5.82 Å². The summed E-state index contributed by atoms with van der Waals surface area (Å²) in [5.74, 6) is -1.45. The van der Waals surface area contributed by atoms with Gasteiger partial charge in [0.1, 0.15) is 23.4 Å². The Hall–Kier alpha value is -0.553. The maximum Gasteiger partial charge on any atom is 1.00 e. The number of carbonyl (C=O) groups is 1. The molecule has 7 nitrogen and oxygen atoms in total. The first-order chi connectivity index (χ1) is 9.40. The van der Waals surface area contributed by atoms with Crippen molar-refractivity contribution in [1.29, 1.82) is 0 Å². The zero-order valence-electron chi connectivity index (χ0n) is 11.8. The Kier molecular flexibility index (Phi) is 6.72. The summed E-state index contributed by atoms with van der Waals surface area (Å²) < 4.78 is 5.04. The van der Waals surface area contributed by atoms with E-state index in [1.54, 1.807) is 0 Å². The second kappa shape index (κ2) is 7.63. The Morgan fingerprint density at radius 2 is 2.14 bits per heavy atom. The molecule has 1 aromatic rings. The molecule has 0 aromatic carbocycles. The number of anilines is 1. The number of carbonyl (C=O) groups excluding carboxylic acids is 1. The fraction of sp³-hybridized carbons (Fsp3) is 0.545. The molecule has 2 heterocycles. The van der Waals surface area contributed by atoms with E-state index in [1.807, 2.05) is 13.8 Å². The molecule has 2 rings (SSSR count). The summed E-state index contributed by atoms with van der Waals surface area (Å²) >= 11 is 11.7. The molecular weight excluding hydrogens is 316 g/mol. The largest absolute Gasteiger partial charge is 1.00 e. The van der Waals surface area contributed by atoms with Crippen LogP contribution in [-0.4, -0.2) is 41.3 Å². The standard InChI is InChI=1S/C11H13Cl2N3O4.Li/c1-5(2)16(20-4-6-3-19-6)9-7(12)8(10(17)18)14-11(13)15-9;/h5-6H,3-4H2,1-2H3,(H,17,18);/q;+1/p-1/t6-;/m1./s1. The molecule has 0 saturated carbocycles. The van der Waals surface area contributed by atoms with Crippen molar-refractivity contribution >= 4 is 35.0 Å². The van der Waals surface area contributed by atoms with Crippen LogP contribution in [0.1, 0.15) is 24.3 Å². The second-order valence-electron chi connectivity index (χ2n) is 4.44. The summed E-state index contributed by atoms with van der Waals surface area (Å²) in [4.78, 5) is 24.0. The molecule has 110 valence electrons. The van der Waals surface area contributed by atoms with Gasteiger partial charge in [-0.2, -0.15) is 4.98 Å². The topological polar surface area (TPSA) is 90.9 Å². The van der Waals surface area contributed by atoms with E-state index in [0.717, 1.165) is 0 Å². The molecule has 1 atom stereocenters. The van der Waals surface area contributed by atoms with Crippen molar-refractivity contribution in [2.24, 2.45) is 0 Å². The number of epoxide rings is 1. The van der Waals surface area contributed by atoms with Crippen LogP contribution < -0.4 is 29.0 Å². The molecule has 0 N–H and O–H groups in total. The molecule has 0 spiro atoms. The smallest absolute Gasteiger partial charge is 0.543 e. The summed E-state index contributed by atoms with van der Waals surface area (Å²) in [5.41, 5.74) is -0.474. The molecule has 1 fully saturated rings. The summed E-state index contributed by atoms with van der Waals surface area (Å²) in [6.45, 7) is 4.61. The molecule has 0 unspecified atom stereocenters. The van der Waals surface area contributed by atoms with E-state index in [1.165, 1.54) is 5.06 Å². The summed E-state index contributed by atoms with van der Waals surface area (Å²) in [6.07, 6.45) is 0.0351. The van der Waals surface area contributed by atoms with Gasteiger partial charge in [-0.1, -0.05) is 11.6 Å². The maximum atomic E-state index is 11.0. The van der Waals surface area contributed by atoms with Gasteiger partial charge in [-0.15, -0.1) is 0 Å². The molecule has 0 radical (unpaired) electrons. The van der Waals surface area contributed by atoms with E-state index >= 15 is 0 Å². The minimum atomic E-state index is -1.53. The van der Waals surface area contributed by atoms with E-state index in [0.29, 0.717) is 13.2 Å². The number of rotatable bonds is 6. The summed E-state index contributed by atoms with van der Waals surface area (Å²) in [6, 6.07) is -0.146. The van der Waals surface area contributed by atoms with Gasteiger partial charge in [0.2, 0.25) is 5.28 Å². The third-order valence-corrected chi connectivity index (χ3v) is 3.00. The summed E-state index contributed by atoms with van der Waals surface area (Å²) in [7, 11) is 0. The number of aromatic carboxylic acids is 1. The van der Waals surface area contributed by atoms with E-state index in [4.69, 9.17) is 32.8 Å². The number of hydrogen-bond donors (Lipinski definition) is 0. The number of nitrogens with zero attached hydrogens (tertiary/aromatic N) is 3. The number of halogens is 2. The fourth-order valence-electron chi connectivity index (χ4n) is 1.47. The molecule has 0 aliphatic carbocycles. The van der Waals surface area contributed by atoms with Crippen molar-refractivity contribution in [3.8, 4) is 0 Å². The Balaban J connectivity index is 0.00000220. The summed E-state index contributed by atoms with van der Waals surface area (Å²) in [5, 5.41) is 11.9. The van der Waals surface area contributed by atoms with E-state index in [-0.39, 0.29) is 47.1 Å². The van der Waals surface area contributed by atoms with Gasteiger partial charge in [-0.05, 0) is 25.4 Å². The molecule has 0 amide bonds. The average Bonchev–Trinajstić information content (AvgIpc) is 3.16. The molecule has 0 bridgehead atoms. The van der Waals surface area contributed by atoms with E-state index in [9.17, 15) is 9.90 Å². The molecule has 10 heteroatoms. The molecule has 1 aliphatic rings. The quantitative estimate of drug-likeness (QED) is 0.251. The van der Waals surface area contributed by atoms with Crippen molar-refractivity contribution in [3.63, 3.8) is 0 Å². The van der Waals surface area contributed by atoms with E-state index in [2.05, 4.69) is 9.97 Å². The maximum absolute atomic E-state index is 11.0. The first kappa shape index (κ1) is 18.5. The Morgan fingerprint density at radius 1 is 1.52 bits per heavy atom. The molecule has 21 heavy (non-hydrogen) atoms. The zero-order valence-corrected chi connectivity index (χ0v) is 13.3. The second-order valence-corrected chi connectivity index (χ2v) is 5.15. The van der Waals surface area contributed by atoms with E-state index < -0.39 is 11.7 Å². The normalized spacial score (nSPS) is 16.5. The van der Waals surface area contributed by atoms with Crippen LogP contribution in [0, 0.1) is 0 Å². The first-order valence-electron chi connectivity index (χ1n) is 5.88. The minimum absolute atomic E-state index is 0. The van der Waals surface area contributed by atoms with Crippen LogP contribution in [-0.2, 0) is 9.57 Å². The van der Waals surface area contributed by atoms with Crippen molar-refractivity contribution in [2.75, 3.05) is 18.3 Å². The number of aromatic nitrogens is 2. The van der Waals surface area contributed by atoms with Gasteiger partial charge in [-0.25, -0.2) is 10.0 Å². The van der Waals surface area contributed by atoms with Crippen molar-refractivity contribution < 1.29 is 38.3 Å². The molecular formula is C11H12Cl2LiN3O4. The third kappa shape index (κ3) is 4.71. The number of carboxylic acid groups (broad SMARTS) is 1. The number of ether oxygens (including phenoxy) is 1. The van der Waals surface area contributed by atoms with Crippen molar-refractivity contribution in [1.82, 2.24) is 9.97 Å². The van der Waals surface area contributed by atoms with Crippen molar-refractivity contribution in [2.45, 2.75) is 26.0 Å². The predicted molar refractivity (Wildman–Crippen MR) is 69.7 cm³/mol. The van der Waals surface area contributed by atoms with Gasteiger partial charge in [0.05, 0.1) is 18.6 Å². The van der Waals surface area contributed by atoms with Crippen LogP contribution in [0.15, 0.2) is 0 Å². The van der Waals surface area contributed by atoms with Gasteiger partial charge in [-0.3, -0.25) is 4.84 Å². The monoisotopic (exact) mass is 327 g/mol. The molecule has 1 aromatic heterocycles. The first-order valence-corrected chi connectivity index (χ1v) is 6.64. The van der Waals surface area contributed by atoms with Gasteiger partial charge < -0.3 is 14.6 Å². The predicted octanol–water partition coefficient (Wildman–Crippen LogP) is -2.30. The number of hydroxylamine groups is 1. The average molecular weight is 328 g/mol. The Bertz CT molecular complexity index is 528. The van der Waals surface area contributed by atoms with Crippen LogP contribution >= 0.6 is 23.2 Å². The minimum Gasteiger partial charge on any atom is -0.543 e. The third-order valence-electron chi connectivity index (χ3n) is 2.48. The van der Waals surface area contributed by atoms with Crippen LogP contribution in [0.2, 0.25) is 10.3 Å². The zero-order chi connectivity index (χ0) is 14.9. The Labute approximate surface area is 143 Å². The number of hydrogen-bond acceptors (Lipinski definition) is 7. The molecule has 1 saturated heterocycles. The van der Waals surface area contributed by atoms with Crippen LogP contribution in [0.25, 0.3) is 0 Å². The fourth-order valence-corrected chi connectivity index (χ4v) is 1.88. The van der Waals surface area contributed by atoms with Crippen LogP contribution in [0.4, 0.5) is 5.82 Å². The van der Waals surface area contributed by atoms with Crippen LogP contribution in [0.3, 0.4) is 0 Å². The van der Waals surface area contributed by atoms with Gasteiger partial charge >= 0.3 is 18.9 Å². The van der Waals surface area contributed by atoms with Gasteiger partial charge in [0.25, 0.3) is 0 Å².